The molecule has 10 nitrogen and oxygen atoms in total. The number of rotatable bonds is 5. The maximum atomic E-state index is 14.3. The number of hydrogen-bond acceptors (Lipinski definition) is 7. The van der Waals surface area contributed by atoms with E-state index in [-0.39, 0.29) is 57.7 Å². The summed E-state index contributed by atoms with van der Waals surface area (Å²) in [6.07, 6.45) is -0.158. The van der Waals surface area contributed by atoms with Crippen molar-refractivity contribution in [1.82, 2.24) is 28.7 Å². The van der Waals surface area contributed by atoms with E-state index in [2.05, 4.69) is 20.4 Å². The number of hydrogen-bond donors (Lipinski definition) is 2. The molecule has 15 heteroatoms. The van der Waals surface area contributed by atoms with Crippen LogP contribution in [0.5, 0.6) is 11.5 Å². The molecule has 0 amide bonds. The maximum absolute atomic E-state index is 14.3. The largest absolute Gasteiger partial charge is 0.450 e. The molecule has 1 aliphatic carbocycles. The van der Waals surface area contributed by atoms with E-state index in [1.54, 1.807) is 6.20 Å². The minimum Gasteiger partial charge on any atom is -0.450 e. The third-order valence-corrected chi connectivity index (χ3v) is 6.95. The molecule has 5 heterocycles. The number of nitrogens with zero attached hydrogens (tertiary/aromatic N) is 6. The molecule has 6 rings (SSSR count). The van der Waals surface area contributed by atoms with Crippen LogP contribution in [0.15, 0.2) is 47.8 Å². The van der Waals surface area contributed by atoms with Crippen LogP contribution in [-0.4, -0.2) is 39.9 Å². The van der Waals surface area contributed by atoms with Gasteiger partial charge in [-0.05, 0) is 31.0 Å². The monoisotopic (exact) mass is 563 g/mol. The average Bonchev–Trinajstić information content (AvgIpc) is 3.41. The first-order valence-electron chi connectivity index (χ1n) is 11.6. The number of pyridine rings is 3. The van der Waals surface area contributed by atoms with Crippen LogP contribution in [0.1, 0.15) is 24.4 Å². The van der Waals surface area contributed by atoms with Gasteiger partial charge in [-0.15, -0.1) is 0 Å². The van der Waals surface area contributed by atoms with Crippen molar-refractivity contribution < 1.29 is 27.4 Å². The normalized spacial score (nSPS) is 17.5. The second kappa shape index (κ2) is 8.95. The molecule has 0 radical (unpaired) electrons. The molecule has 0 saturated heterocycles. The summed E-state index contributed by atoms with van der Waals surface area (Å²) < 4.78 is 64.7. The Morgan fingerprint density at radius 2 is 1.97 bits per heavy atom. The lowest BCUT2D eigenvalue weighted by molar-refractivity contribution is -0.138. The van der Waals surface area contributed by atoms with Gasteiger partial charge in [0, 0.05) is 25.5 Å². The Balaban J connectivity index is 1.38. The van der Waals surface area contributed by atoms with Gasteiger partial charge in [0.2, 0.25) is 5.95 Å². The van der Waals surface area contributed by atoms with Crippen molar-refractivity contribution in [1.29, 1.82) is 0 Å². The second-order valence-corrected chi connectivity index (χ2v) is 9.50. The molecular formula is C24H18ClF4N7O3. The molecule has 0 spiro atoms. The van der Waals surface area contributed by atoms with Crippen molar-refractivity contribution in [2.75, 3.05) is 5.32 Å². The Bertz CT molecular complexity index is 1810. The number of aliphatic hydroxyl groups excluding tert-OH is 1. The van der Waals surface area contributed by atoms with E-state index in [9.17, 15) is 27.5 Å². The Kier molecular flexibility index (Phi) is 5.77. The lowest BCUT2D eigenvalue weighted by Gasteiger charge is -2.33. The number of aryl methyl sites for hydroxylation is 1. The number of nitrogens with one attached hydrogen (secondary N) is 1. The van der Waals surface area contributed by atoms with Crippen molar-refractivity contribution in [3.05, 3.63) is 69.7 Å². The third kappa shape index (κ3) is 4.25. The van der Waals surface area contributed by atoms with E-state index in [1.807, 2.05) is 0 Å². The van der Waals surface area contributed by atoms with Crippen LogP contribution in [-0.2, 0) is 13.2 Å². The van der Waals surface area contributed by atoms with Gasteiger partial charge in [0.1, 0.15) is 21.7 Å². The molecule has 0 aliphatic heterocycles. The van der Waals surface area contributed by atoms with E-state index in [0.29, 0.717) is 6.07 Å². The lowest BCUT2D eigenvalue weighted by Crippen LogP contribution is -2.37. The maximum Gasteiger partial charge on any atom is 0.417 e. The molecule has 5 aromatic rings. The van der Waals surface area contributed by atoms with E-state index < -0.39 is 35.3 Å². The van der Waals surface area contributed by atoms with E-state index in [0.717, 1.165) is 10.8 Å². The summed E-state index contributed by atoms with van der Waals surface area (Å²) >= 11 is 6.58. The summed E-state index contributed by atoms with van der Waals surface area (Å²) in [5.41, 5.74) is -1.64. The number of ether oxygens (including phenoxy) is 1. The number of anilines is 2. The first kappa shape index (κ1) is 25.1. The number of fused-ring (bicyclic) bond motifs is 2. The van der Waals surface area contributed by atoms with Gasteiger partial charge in [0.25, 0.3) is 5.56 Å². The van der Waals surface area contributed by atoms with Crippen LogP contribution in [0.25, 0.3) is 16.7 Å². The quantitative estimate of drug-likeness (QED) is 0.295. The molecule has 39 heavy (non-hydrogen) atoms. The van der Waals surface area contributed by atoms with E-state index in [4.69, 9.17) is 16.3 Å². The zero-order valence-corrected chi connectivity index (χ0v) is 20.7. The van der Waals surface area contributed by atoms with Gasteiger partial charge in [-0.3, -0.25) is 4.79 Å². The fourth-order valence-corrected chi connectivity index (χ4v) is 4.79. The molecule has 0 aromatic carbocycles. The number of alkyl halides is 3. The fourth-order valence-electron chi connectivity index (χ4n) is 4.49. The zero-order chi connectivity index (χ0) is 27.6. The molecule has 0 bridgehead atoms. The summed E-state index contributed by atoms with van der Waals surface area (Å²) in [6.45, 7) is 0. The molecule has 0 unspecified atom stereocenters. The predicted octanol–water partition coefficient (Wildman–Crippen LogP) is 4.82. The summed E-state index contributed by atoms with van der Waals surface area (Å²) in [6, 6.07) is 2.88. The minimum atomic E-state index is -4.71. The summed E-state index contributed by atoms with van der Waals surface area (Å²) in [4.78, 5) is 21.6. The predicted molar refractivity (Wildman–Crippen MR) is 132 cm³/mol. The second-order valence-electron chi connectivity index (χ2n) is 9.12. The SMILES string of the molecule is Cn1c(Nc2cc(C(F)(F)F)cn(C3CC(O)C3)c2=O)nc2ncc(Oc3cnn4cccc(F)c34)c(Cl)c21. The Morgan fingerprint density at radius 1 is 1.21 bits per heavy atom. The number of imidazole rings is 1. The minimum absolute atomic E-state index is 0.00445. The Morgan fingerprint density at radius 3 is 2.69 bits per heavy atom. The highest BCUT2D eigenvalue weighted by Crippen LogP contribution is 2.38. The van der Waals surface area contributed by atoms with Gasteiger partial charge < -0.3 is 24.3 Å². The van der Waals surface area contributed by atoms with Crippen molar-refractivity contribution in [3.8, 4) is 11.5 Å². The van der Waals surface area contributed by atoms with Gasteiger partial charge in [0.05, 0.1) is 24.1 Å². The first-order chi connectivity index (χ1) is 18.5. The van der Waals surface area contributed by atoms with Crippen molar-refractivity contribution >= 4 is 39.9 Å². The molecular weight excluding hydrogens is 546 g/mol. The fraction of sp³-hybridized carbons (Fsp3) is 0.250. The highest BCUT2D eigenvalue weighted by molar-refractivity contribution is 6.36. The van der Waals surface area contributed by atoms with Crippen molar-refractivity contribution in [2.45, 2.75) is 31.2 Å². The van der Waals surface area contributed by atoms with Crippen molar-refractivity contribution in [2.24, 2.45) is 7.05 Å². The third-order valence-electron chi connectivity index (χ3n) is 6.58. The molecule has 0 atom stereocenters. The number of aliphatic hydroxyl groups is 1. The van der Waals surface area contributed by atoms with E-state index >= 15 is 0 Å². The van der Waals surface area contributed by atoms with Crippen LogP contribution in [0.2, 0.25) is 5.02 Å². The van der Waals surface area contributed by atoms with Gasteiger partial charge in [-0.1, -0.05) is 11.6 Å². The molecule has 202 valence electrons. The zero-order valence-electron chi connectivity index (χ0n) is 19.9. The van der Waals surface area contributed by atoms with Crippen LogP contribution in [0, 0.1) is 5.82 Å². The lowest BCUT2D eigenvalue weighted by atomic mass is 9.89. The Labute approximate surface area is 221 Å². The van der Waals surface area contributed by atoms with Crippen LogP contribution < -0.4 is 15.6 Å². The van der Waals surface area contributed by atoms with Crippen LogP contribution >= 0.6 is 11.6 Å². The standard InChI is InChI=1S/C24H18ClF4N7O3/c1-34-20-18(25)16(39-17-9-31-36-4-2-3-14(26)19(17)36)8-30-21(20)33-23(34)32-15-5-11(24(27,28)29)10-35(22(15)38)12-6-13(37)7-12/h2-5,8-10,12-13,37H,6-7H2,1H3,(H,30,32,33). The van der Waals surface area contributed by atoms with Gasteiger partial charge in [-0.2, -0.15) is 23.3 Å². The molecule has 2 N–H and O–H groups in total. The van der Waals surface area contributed by atoms with Crippen molar-refractivity contribution in [3.63, 3.8) is 0 Å². The smallest absolute Gasteiger partial charge is 0.417 e. The van der Waals surface area contributed by atoms with Crippen LogP contribution in [0.4, 0.5) is 29.2 Å². The number of aromatic nitrogens is 6. The molecule has 1 fully saturated rings. The van der Waals surface area contributed by atoms with Crippen LogP contribution in [0.3, 0.4) is 0 Å². The summed E-state index contributed by atoms with van der Waals surface area (Å²) in [7, 11) is 1.53. The van der Waals surface area contributed by atoms with Gasteiger partial charge >= 0.3 is 6.18 Å². The summed E-state index contributed by atoms with van der Waals surface area (Å²) in [5.74, 6) is -0.426. The van der Waals surface area contributed by atoms with Gasteiger partial charge in [0.15, 0.2) is 23.0 Å². The molecule has 1 aliphatic rings. The summed E-state index contributed by atoms with van der Waals surface area (Å²) in [5, 5.41) is 16.4. The highest BCUT2D eigenvalue weighted by Gasteiger charge is 2.36. The number of halogens is 5. The molecule has 5 aromatic heterocycles. The van der Waals surface area contributed by atoms with E-state index in [1.165, 1.54) is 40.7 Å². The topological polar surface area (TPSA) is 112 Å². The first-order valence-corrected chi connectivity index (χ1v) is 12.0. The van der Waals surface area contributed by atoms with Gasteiger partial charge in [-0.25, -0.2) is 13.9 Å². The molecule has 1 saturated carbocycles. The Hall–Kier alpha value is -4.17. The highest BCUT2D eigenvalue weighted by atomic mass is 35.5. The average molecular weight is 564 g/mol.